The molecule has 1 N–H and O–H groups in total. The van der Waals surface area contributed by atoms with Crippen molar-refractivity contribution in [1.82, 2.24) is 29.9 Å². The lowest BCUT2D eigenvalue weighted by molar-refractivity contribution is 0.665. The van der Waals surface area contributed by atoms with E-state index in [-0.39, 0.29) is 0 Å². The molecule has 6 heteroatoms. The monoisotopic (exact) mass is 289 g/mol. The Morgan fingerprint density at radius 2 is 1.95 bits per heavy atom. The molecule has 1 aromatic carbocycles. The van der Waals surface area contributed by atoms with Crippen molar-refractivity contribution in [2.75, 3.05) is 0 Å². The zero-order chi connectivity index (χ0) is 15.1. The normalized spacial score (nSPS) is 11.2. The van der Waals surface area contributed by atoms with Gasteiger partial charge in [-0.05, 0) is 31.2 Å². The summed E-state index contributed by atoms with van der Waals surface area (Å²) in [6.07, 6.45) is 2.81. The first-order chi connectivity index (χ1) is 10.7. The van der Waals surface area contributed by atoms with E-state index in [2.05, 4.69) is 31.5 Å². The van der Waals surface area contributed by atoms with Crippen LogP contribution in [0.4, 0.5) is 0 Å². The van der Waals surface area contributed by atoms with Gasteiger partial charge in [0.05, 0.1) is 17.1 Å². The third-order valence-electron chi connectivity index (χ3n) is 3.48. The SMILES string of the molecule is Cc1cccc(-c2[nH][c]nc2-c2ccc3nn(C)nc3c2)n1. The maximum Gasteiger partial charge on any atom is 0.174 e. The summed E-state index contributed by atoms with van der Waals surface area (Å²) in [7, 11) is 1.81. The number of benzene rings is 1. The van der Waals surface area contributed by atoms with Gasteiger partial charge in [0.2, 0.25) is 0 Å². The third-order valence-corrected chi connectivity index (χ3v) is 3.48. The minimum absolute atomic E-state index is 0.811. The minimum atomic E-state index is 0.811. The number of rotatable bonds is 2. The second-order valence-corrected chi connectivity index (χ2v) is 5.13. The second kappa shape index (κ2) is 4.77. The van der Waals surface area contributed by atoms with Gasteiger partial charge in [0.25, 0.3) is 0 Å². The number of hydrogen-bond donors (Lipinski definition) is 1. The fraction of sp³-hybridized carbons (Fsp3) is 0.125. The Hall–Kier alpha value is -3.02. The van der Waals surface area contributed by atoms with Gasteiger partial charge in [-0.2, -0.15) is 15.0 Å². The summed E-state index contributed by atoms with van der Waals surface area (Å²) in [5.74, 6) is 0. The number of imidazole rings is 1. The molecular formula is C16H13N6. The summed E-state index contributed by atoms with van der Waals surface area (Å²) in [5, 5.41) is 8.63. The Kier molecular flexibility index (Phi) is 2.75. The molecule has 0 amide bonds. The maximum absolute atomic E-state index is 4.54. The fourth-order valence-electron chi connectivity index (χ4n) is 2.50. The Labute approximate surface area is 126 Å². The molecule has 22 heavy (non-hydrogen) atoms. The Balaban J connectivity index is 1.87. The first-order valence-corrected chi connectivity index (χ1v) is 6.92. The van der Waals surface area contributed by atoms with E-state index in [0.717, 1.165) is 39.4 Å². The van der Waals surface area contributed by atoms with E-state index in [1.54, 1.807) is 4.80 Å². The van der Waals surface area contributed by atoms with Gasteiger partial charge in [-0.1, -0.05) is 12.1 Å². The molecule has 0 unspecified atom stereocenters. The molecule has 3 aromatic heterocycles. The number of aromatic amines is 1. The van der Waals surface area contributed by atoms with Gasteiger partial charge in [0.1, 0.15) is 11.0 Å². The minimum Gasteiger partial charge on any atom is -0.334 e. The van der Waals surface area contributed by atoms with Crippen LogP contribution in [0.2, 0.25) is 0 Å². The van der Waals surface area contributed by atoms with Gasteiger partial charge in [0, 0.05) is 18.3 Å². The third kappa shape index (κ3) is 2.05. The van der Waals surface area contributed by atoms with Crippen molar-refractivity contribution in [2.24, 2.45) is 7.05 Å². The highest BCUT2D eigenvalue weighted by Crippen LogP contribution is 2.29. The average Bonchev–Trinajstić information content (AvgIpc) is 3.11. The molecule has 6 nitrogen and oxygen atoms in total. The number of hydrogen-bond acceptors (Lipinski definition) is 4. The van der Waals surface area contributed by atoms with E-state index >= 15 is 0 Å². The van der Waals surface area contributed by atoms with Gasteiger partial charge < -0.3 is 4.98 Å². The summed E-state index contributed by atoms with van der Waals surface area (Å²) >= 11 is 0. The van der Waals surface area contributed by atoms with Gasteiger partial charge in [-0.25, -0.2) is 4.98 Å². The Bertz CT molecular complexity index is 966. The summed E-state index contributed by atoms with van der Waals surface area (Å²) in [5.41, 5.74) is 6.14. The standard InChI is InChI=1S/C16H13N6/c1-10-4-3-5-13(19-10)16-15(17-9-18-16)11-6-7-12-14(8-11)21-22(2)20-12/h3-8H,1-2H3,(H,17,18). The van der Waals surface area contributed by atoms with Crippen LogP contribution in [-0.2, 0) is 7.05 Å². The summed E-state index contributed by atoms with van der Waals surface area (Å²) in [6.45, 7) is 1.97. The predicted molar refractivity (Wildman–Crippen MR) is 82.9 cm³/mol. The van der Waals surface area contributed by atoms with Gasteiger partial charge in [-0.3, -0.25) is 4.98 Å². The lowest BCUT2D eigenvalue weighted by Crippen LogP contribution is -1.90. The molecule has 0 spiro atoms. The summed E-state index contributed by atoms with van der Waals surface area (Å²) < 4.78 is 0. The molecule has 0 aliphatic carbocycles. The largest absolute Gasteiger partial charge is 0.334 e. The van der Waals surface area contributed by atoms with E-state index < -0.39 is 0 Å². The van der Waals surface area contributed by atoms with Crippen LogP contribution in [0.5, 0.6) is 0 Å². The summed E-state index contributed by atoms with van der Waals surface area (Å²) in [4.78, 5) is 13.5. The molecule has 4 aromatic rings. The van der Waals surface area contributed by atoms with Crippen LogP contribution in [0.25, 0.3) is 33.7 Å². The molecular weight excluding hydrogens is 276 g/mol. The molecule has 107 valence electrons. The number of nitrogens with zero attached hydrogens (tertiary/aromatic N) is 5. The van der Waals surface area contributed by atoms with Crippen molar-refractivity contribution < 1.29 is 0 Å². The highest BCUT2D eigenvalue weighted by atomic mass is 15.4. The van der Waals surface area contributed by atoms with Crippen molar-refractivity contribution in [3.63, 3.8) is 0 Å². The molecule has 3 heterocycles. The molecule has 0 aliphatic heterocycles. The summed E-state index contributed by atoms with van der Waals surface area (Å²) in [6, 6.07) is 11.8. The highest BCUT2D eigenvalue weighted by Gasteiger charge is 2.13. The highest BCUT2D eigenvalue weighted by molar-refractivity contribution is 5.84. The lowest BCUT2D eigenvalue weighted by atomic mass is 10.1. The fourth-order valence-corrected chi connectivity index (χ4v) is 2.50. The number of nitrogens with one attached hydrogen (secondary N) is 1. The first kappa shape index (κ1) is 12.7. The molecule has 0 fully saturated rings. The number of aromatic nitrogens is 6. The van der Waals surface area contributed by atoms with Crippen molar-refractivity contribution >= 4 is 11.0 Å². The number of H-pyrrole nitrogens is 1. The van der Waals surface area contributed by atoms with E-state index in [9.17, 15) is 0 Å². The predicted octanol–water partition coefficient (Wildman–Crippen LogP) is 2.53. The van der Waals surface area contributed by atoms with Crippen LogP contribution >= 0.6 is 0 Å². The van der Waals surface area contributed by atoms with Crippen LogP contribution in [0.3, 0.4) is 0 Å². The van der Waals surface area contributed by atoms with Gasteiger partial charge in [-0.15, -0.1) is 0 Å². The Morgan fingerprint density at radius 3 is 2.82 bits per heavy atom. The topological polar surface area (TPSA) is 72.3 Å². The van der Waals surface area contributed by atoms with Crippen molar-refractivity contribution in [3.05, 3.63) is 48.4 Å². The van der Waals surface area contributed by atoms with Crippen molar-refractivity contribution in [2.45, 2.75) is 6.92 Å². The molecule has 0 aliphatic rings. The quantitative estimate of drug-likeness (QED) is 0.615. The molecule has 1 radical (unpaired) electrons. The molecule has 0 atom stereocenters. The van der Waals surface area contributed by atoms with Crippen LogP contribution in [0.1, 0.15) is 5.69 Å². The average molecular weight is 289 g/mol. The van der Waals surface area contributed by atoms with E-state index in [0.29, 0.717) is 0 Å². The molecule has 4 rings (SSSR count). The van der Waals surface area contributed by atoms with Crippen LogP contribution < -0.4 is 0 Å². The Morgan fingerprint density at radius 1 is 1.09 bits per heavy atom. The van der Waals surface area contributed by atoms with Crippen molar-refractivity contribution in [3.8, 4) is 22.6 Å². The second-order valence-electron chi connectivity index (χ2n) is 5.13. The van der Waals surface area contributed by atoms with E-state index in [4.69, 9.17) is 0 Å². The molecule has 0 saturated heterocycles. The van der Waals surface area contributed by atoms with Gasteiger partial charge in [0.15, 0.2) is 6.33 Å². The van der Waals surface area contributed by atoms with Crippen LogP contribution in [0, 0.1) is 13.3 Å². The number of aryl methyl sites for hydroxylation is 2. The van der Waals surface area contributed by atoms with Crippen LogP contribution in [-0.4, -0.2) is 29.9 Å². The van der Waals surface area contributed by atoms with Crippen molar-refractivity contribution in [1.29, 1.82) is 0 Å². The first-order valence-electron chi connectivity index (χ1n) is 6.92. The smallest absolute Gasteiger partial charge is 0.174 e. The van der Waals surface area contributed by atoms with E-state index in [1.807, 2.05) is 50.4 Å². The molecule has 0 bridgehead atoms. The zero-order valence-corrected chi connectivity index (χ0v) is 12.2. The zero-order valence-electron chi connectivity index (χ0n) is 12.2. The van der Waals surface area contributed by atoms with Gasteiger partial charge >= 0.3 is 0 Å². The lowest BCUT2D eigenvalue weighted by Gasteiger charge is -2.03. The van der Waals surface area contributed by atoms with Crippen LogP contribution in [0.15, 0.2) is 36.4 Å². The number of pyridine rings is 1. The maximum atomic E-state index is 4.54. The molecule has 0 saturated carbocycles. The number of fused-ring (bicyclic) bond motifs is 1. The van der Waals surface area contributed by atoms with E-state index in [1.165, 1.54) is 0 Å².